The first-order valence-corrected chi connectivity index (χ1v) is 16.2. The molecule has 3 amide bonds. The molecule has 2 aliphatic heterocycles. The van der Waals surface area contributed by atoms with Crippen molar-refractivity contribution in [2.75, 3.05) is 49.2 Å². The Morgan fingerprint density at radius 1 is 0.977 bits per heavy atom. The highest BCUT2D eigenvalue weighted by Gasteiger charge is 2.28. The summed E-state index contributed by atoms with van der Waals surface area (Å²) in [6.45, 7) is 5.16. The topological polar surface area (TPSA) is 123 Å². The molecule has 3 aliphatic rings. The number of ether oxygens (including phenoxy) is 1. The van der Waals surface area contributed by atoms with E-state index in [1.807, 2.05) is 42.5 Å². The van der Waals surface area contributed by atoms with Crippen molar-refractivity contribution in [2.45, 2.75) is 82.5 Å². The minimum atomic E-state index is -0.953. The molecule has 1 saturated carbocycles. The fourth-order valence-electron chi connectivity index (χ4n) is 6.32. The van der Waals surface area contributed by atoms with Crippen LogP contribution in [0, 0.1) is 0 Å². The van der Waals surface area contributed by atoms with Crippen molar-refractivity contribution in [3.63, 3.8) is 0 Å². The second kappa shape index (κ2) is 15.5. The number of hydrogen-bond donors (Lipinski definition) is 4. The molecule has 2 heterocycles. The van der Waals surface area contributed by atoms with Gasteiger partial charge < -0.3 is 35.6 Å². The summed E-state index contributed by atoms with van der Waals surface area (Å²) in [6.07, 6.45) is 6.26. The van der Waals surface area contributed by atoms with Gasteiger partial charge >= 0.3 is 0 Å². The van der Waals surface area contributed by atoms with Crippen LogP contribution in [0.5, 0.6) is 0 Å². The molecule has 238 valence electrons. The van der Waals surface area contributed by atoms with Gasteiger partial charge in [-0.05, 0) is 56.4 Å². The molecule has 0 aromatic heterocycles. The lowest BCUT2D eigenvalue weighted by Gasteiger charge is -2.31. The molecule has 0 unspecified atom stereocenters. The van der Waals surface area contributed by atoms with Crippen LogP contribution < -0.4 is 25.8 Å². The monoisotopic (exact) mass is 605 g/mol. The predicted molar refractivity (Wildman–Crippen MR) is 171 cm³/mol. The van der Waals surface area contributed by atoms with Gasteiger partial charge in [0.15, 0.2) is 0 Å². The minimum Gasteiger partial charge on any atom is -0.390 e. The molecule has 4 N–H and O–H groups in total. The Morgan fingerprint density at radius 3 is 2.41 bits per heavy atom. The average Bonchev–Trinajstić information content (AvgIpc) is 3.50. The molecule has 2 saturated heterocycles. The van der Waals surface area contributed by atoms with Crippen LogP contribution in [0.4, 0.5) is 11.4 Å². The lowest BCUT2D eigenvalue weighted by Crippen LogP contribution is -2.53. The van der Waals surface area contributed by atoms with Gasteiger partial charge in [-0.3, -0.25) is 14.4 Å². The van der Waals surface area contributed by atoms with Crippen LogP contribution in [-0.4, -0.2) is 86.5 Å². The SMILES string of the molecule is C[C@H](NC[C@@H](O)[C@H](Cc1ccccc1)NC(=O)c1cc(N2CCOCC2)cc(N2CCCC2=O)c1)C(=O)NC1CCCCC1. The number of aliphatic hydroxyl groups excluding tert-OH is 1. The molecule has 2 aromatic carbocycles. The van der Waals surface area contributed by atoms with Crippen molar-refractivity contribution in [2.24, 2.45) is 0 Å². The number of carbonyl (C=O) groups excluding carboxylic acids is 3. The largest absolute Gasteiger partial charge is 0.390 e. The molecule has 3 fully saturated rings. The number of rotatable bonds is 12. The lowest BCUT2D eigenvalue weighted by atomic mass is 9.95. The van der Waals surface area contributed by atoms with Gasteiger partial charge in [0.05, 0.1) is 31.4 Å². The lowest BCUT2D eigenvalue weighted by molar-refractivity contribution is -0.123. The van der Waals surface area contributed by atoms with Crippen molar-refractivity contribution >= 4 is 29.1 Å². The van der Waals surface area contributed by atoms with E-state index >= 15 is 0 Å². The number of hydrogen-bond acceptors (Lipinski definition) is 7. The molecule has 44 heavy (non-hydrogen) atoms. The Balaban J connectivity index is 1.30. The third-order valence-corrected chi connectivity index (χ3v) is 8.98. The third-order valence-electron chi connectivity index (χ3n) is 8.98. The number of morpholine rings is 1. The Bertz CT molecular complexity index is 1260. The number of aliphatic hydroxyl groups is 1. The Labute approximate surface area is 260 Å². The predicted octanol–water partition coefficient (Wildman–Crippen LogP) is 2.78. The van der Waals surface area contributed by atoms with Crippen LogP contribution in [-0.2, 0) is 20.7 Å². The van der Waals surface area contributed by atoms with E-state index in [9.17, 15) is 19.5 Å². The minimum absolute atomic E-state index is 0.0561. The maximum Gasteiger partial charge on any atom is 0.251 e. The molecule has 2 aromatic rings. The van der Waals surface area contributed by atoms with Gasteiger partial charge in [0.1, 0.15) is 0 Å². The highest BCUT2D eigenvalue weighted by molar-refractivity contribution is 6.00. The Hall–Kier alpha value is -3.47. The second-order valence-electron chi connectivity index (χ2n) is 12.3. The van der Waals surface area contributed by atoms with Crippen molar-refractivity contribution in [3.05, 3.63) is 59.7 Å². The highest BCUT2D eigenvalue weighted by Crippen LogP contribution is 2.29. The van der Waals surface area contributed by atoms with E-state index in [-0.39, 0.29) is 30.3 Å². The van der Waals surface area contributed by atoms with Crippen LogP contribution >= 0.6 is 0 Å². The number of nitrogens with zero attached hydrogens (tertiary/aromatic N) is 2. The molecule has 10 heteroatoms. The van der Waals surface area contributed by atoms with Gasteiger partial charge in [-0.15, -0.1) is 0 Å². The molecule has 5 rings (SSSR count). The van der Waals surface area contributed by atoms with Gasteiger partial charge in [-0.2, -0.15) is 0 Å². The molecule has 10 nitrogen and oxygen atoms in total. The molecule has 3 atom stereocenters. The number of benzene rings is 2. The summed E-state index contributed by atoms with van der Waals surface area (Å²) in [5.74, 6) is -0.340. The molecule has 0 radical (unpaired) electrons. The molecule has 0 spiro atoms. The fraction of sp³-hybridized carbons (Fsp3) is 0.559. The first-order valence-electron chi connectivity index (χ1n) is 16.2. The number of nitrogens with one attached hydrogen (secondary N) is 3. The van der Waals surface area contributed by atoms with Crippen molar-refractivity contribution in [1.82, 2.24) is 16.0 Å². The first-order chi connectivity index (χ1) is 21.4. The third kappa shape index (κ3) is 8.58. The van der Waals surface area contributed by atoms with Crippen molar-refractivity contribution < 1.29 is 24.2 Å². The van der Waals surface area contributed by atoms with E-state index < -0.39 is 18.2 Å². The van der Waals surface area contributed by atoms with Crippen LogP contribution in [0.15, 0.2) is 48.5 Å². The maximum absolute atomic E-state index is 13.8. The zero-order valence-electron chi connectivity index (χ0n) is 25.8. The van der Waals surface area contributed by atoms with E-state index in [0.29, 0.717) is 56.9 Å². The number of carbonyl (C=O) groups is 3. The maximum atomic E-state index is 13.8. The van der Waals surface area contributed by atoms with E-state index in [1.165, 1.54) is 6.42 Å². The van der Waals surface area contributed by atoms with Gasteiger partial charge in [0.25, 0.3) is 5.91 Å². The quantitative estimate of drug-likeness (QED) is 0.294. The Kier molecular flexibility index (Phi) is 11.3. The Morgan fingerprint density at radius 2 is 1.70 bits per heavy atom. The van der Waals surface area contributed by atoms with E-state index in [0.717, 1.165) is 43.4 Å². The fourth-order valence-corrected chi connectivity index (χ4v) is 6.32. The zero-order chi connectivity index (χ0) is 30.9. The number of anilines is 2. The highest BCUT2D eigenvalue weighted by atomic mass is 16.5. The average molecular weight is 606 g/mol. The van der Waals surface area contributed by atoms with Crippen molar-refractivity contribution in [3.8, 4) is 0 Å². The summed E-state index contributed by atoms with van der Waals surface area (Å²) in [6, 6.07) is 14.4. The second-order valence-corrected chi connectivity index (χ2v) is 12.3. The molecule has 1 aliphatic carbocycles. The molecular formula is C34H47N5O5. The van der Waals surface area contributed by atoms with Crippen LogP contribution in [0.25, 0.3) is 0 Å². The van der Waals surface area contributed by atoms with Crippen LogP contribution in [0.1, 0.15) is 67.8 Å². The summed E-state index contributed by atoms with van der Waals surface area (Å²) in [4.78, 5) is 43.2. The standard InChI is InChI=1S/C34H47N5O5/c1-24(33(42)36-27-11-6-3-7-12-27)35-23-31(40)30(19-25-9-4-2-5-10-25)37-34(43)26-20-28(38-15-17-44-18-16-38)22-29(21-26)39-14-8-13-32(39)41/h2,4-5,9-10,20-22,24,27,30-31,35,40H,3,6-8,11-19,23H2,1H3,(H,36,42)(H,37,43)/t24-,30-,31+/m0/s1. The van der Waals surface area contributed by atoms with Gasteiger partial charge in [-0.1, -0.05) is 49.6 Å². The normalized spacial score (nSPS) is 19.8. The summed E-state index contributed by atoms with van der Waals surface area (Å²) in [5, 5.41) is 20.8. The van der Waals surface area contributed by atoms with E-state index in [2.05, 4.69) is 20.9 Å². The summed E-state index contributed by atoms with van der Waals surface area (Å²) in [7, 11) is 0. The van der Waals surface area contributed by atoms with Crippen LogP contribution in [0.3, 0.4) is 0 Å². The zero-order valence-corrected chi connectivity index (χ0v) is 25.8. The van der Waals surface area contributed by atoms with E-state index in [4.69, 9.17) is 4.74 Å². The van der Waals surface area contributed by atoms with Gasteiger partial charge in [0, 0.05) is 55.6 Å². The number of amides is 3. The van der Waals surface area contributed by atoms with Crippen LogP contribution in [0.2, 0.25) is 0 Å². The van der Waals surface area contributed by atoms with Gasteiger partial charge in [0.2, 0.25) is 11.8 Å². The summed E-state index contributed by atoms with van der Waals surface area (Å²) < 4.78 is 5.53. The van der Waals surface area contributed by atoms with E-state index in [1.54, 1.807) is 17.9 Å². The molecular weight excluding hydrogens is 558 g/mol. The van der Waals surface area contributed by atoms with Crippen molar-refractivity contribution in [1.29, 1.82) is 0 Å². The summed E-state index contributed by atoms with van der Waals surface area (Å²) >= 11 is 0. The van der Waals surface area contributed by atoms with Gasteiger partial charge in [-0.25, -0.2) is 0 Å². The molecule has 0 bridgehead atoms. The summed E-state index contributed by atoms with van der Waals surface area (Å²) in [5.41, 5.74) is 2.99. The smallest absolute Gasteiger partial charge is 0.251 e. The first kappa shape index (κ1) is 31.9.